The van der Waals surface area contributed by atoms with Gasteiger partial charge in [-0.25, -0.2) is 0 Å². The normalized spacial score (nSPS) is 25.0. The van der Waals surface area contributed by atoms with E-state index in [1.807, 2.05) is 38.1 Å². The van der Waals surface area contributed by atoms with Crippen LogP contribution >= 0.6 is 12.4 Å². The summed E-state index contributed by atoms with van der Waals surface area (Å²) < 4.78 is 0. The number of amides is 2. The second-order valence-corrected chi connectivity index (χ2v) is 7.32. The number of fused-ring (bicyclic) bond motifs is 1. The molecule has 0 bridgehead atoms. The maximum Gasteiger partial charge on any atom is 0.241 e. The second kappa shape index (κ2) is 8.68. The van der Waals surface area contributed by atoms with Crippen LogP contribution in [0.2, 0.25) is 0 Å². The number of nitrogens with one attached hydrogen (secondary N) is 3. The third kappa shape index (κ3) is 4.95. The molecule has 1 heterocycles. The van der Waals surface area contributed by atoms with Gasteiger partial charge in [-0.2, -0.15) is 0 Å². The van der Waals surface area contributed by atoms with Gasteiger partial charge >= 0.3 is 0 Å². The number of carbonyl (C=O) groups excluding carboxylic acids is 2. The molecule has 1 saturated carbocycles. The smallest absolute Gasteiger partial charge is 0.241 e. The molecule has 138 valence electrons. The molecule has 3 rings (SSSR count). The fraction of sp³-hybridized carbons (Fsp3) is 0.579. The van der Waals surface area contributed by atoms with Crippen molar-refractivity contribution < 1.29 is 9.59 Å². The second-order valence-electron chi connectivity index (χ2n) is 7.32. The lowest BCUT2D eigenvalue weighted by molar-refractivity contribution is -0.119. The standard InChI is InChI=1S/C19H27N3O2.ClH/c1-12(2)18(23)20-14-7-9-15(10-8-14)21-19(24)17-11-13-5-3-4-6-16(13)22-17;/h7-10,12-13,16-17,22H,3-6,11H2,1-2H3,(H,20,23)(H,21,24);1H. The SMILES string of the molecule is CC(C)C(=O)Nc1ccc(NC(=O)C2CC3CCCCC3N2)cc1.Cl. The number of carbonyl (C=O) groups is 2. The van der Waals surface area contributed by atoms with Gasteiger partial charge in [0.05, 0.1) is 6.04 Å². The minimum absolute atomic E-state index is 0. The molecule has 6 heteroatoms. The summed E-state index contributed by atoms with van der Waals surface area (Å²) in [4.78, 5) is 24.2. The van der Waals surface area contributed by atoms with Crippen LogP contribution in [0.15, 0.2) is 24.3 Å². The van der Waals surface area contributed by atoms with Crippen LogP contribution in [-0.2, 0) is 9.59 Å². The van der Waals surface area contributed by atoms with Crippen molar-refractivity contribution in [2.45, 2.75) is 58.0 Å². The molecule has 0 radical (unpaired) electrons. The van der Waals surface area contributed by atoms with Crippen molar-refractivity contribution in [3.05, 3.63) is 24.3 Å². The van der Waals surface area contributed by atoms with Gasteiger partial charge < -0.3 is 16.0 Å². The topological polar surface area (TPSA) is 70.2 Å². The van der Waals surface area contributed by atoms with Gasteiger partial charge in [0.15, 0.2) is 0 Å². The highest BCUT2D eigenvalue weighted by Gasteiger charge is 2.38. The molecule has 1 aromatic rings. The Kier molecular flexibility index (Phi) is 6.85. The Morgan fingerprint density at radius 1 is 1.04 bits per heavy atom. The van der Waals surface area contributed by atoms with E-state index >= 15 is 0 Å². The van der Waals surface area contributed by atoms with Crippen molar-refractivity contribution in [1.29, 1.82) is 0 Å². The predicted octanol–water partition coefficient (Wildman–Crippen LogP) is 3.56. The van der Waals surface area contributed by atoms with Gasteiger partial charge in [-0.15, -0.1) is 12.4 Å². The number of anilines is 2. The maximum absolute atomic E-state index is 12.5. The summed E-state index contributed by atoms with van der Waals surface area (Å²) in [6, 6.07) is 7.72. The van der Waals surface area contributed by atoms with Gasteiger partial charge in [0.1, 0.15) is 0 Å². The van der Waals surface area contributed by atoms with Crippen molar-refractivity contribution in [1.82, 2.24) is 5.32 Å². The summed E-state index contributed by atoms with van der Waals surface area (Å²) in [7, 11) is 0. The molecule has 2 aliphatic rings. The van der Waals surface area contributed by atoms with E-state index in [2.05, 4.69) is 16.0 Å². The molecule has 2 fully saturated rings. The Morgan fingerprint density at radius 2 is 1.64 bits per heavy atom. The van der Waals surface area contributed by atoms with Crippen molar-refractivity contribution >= 4 is 35.6 Å². The van der Waals surface area contributed by atoms with Crippen LogP contribution in [0.1, 0.15) is 46.0 Å². The molecular formula is C19H28ClN3O2. The van der Waals surface area contributed by atoms with Gasteiger partial charge in [0.25, 0.3) is 0 Å². The van der Waals surface area contributed by atoms with E-state index in [-0.39, 0.29) is 36.2 Å². The summed E-state index contributed by atoms with van der Waals surface area (Å²) in [6.07, 6.45) is 5.94. The average Bonchev–Trinajstić information content (AvgIpc) is 3.00. The van der Waals surface area contributed by atoms with E-state index in [0.29, 0.717) is 12.0 Å². The Labute approximate surface area is 155 Å². The maximum atomic E-state index is 12.5. The van der Waals surface area contributed by atoms with E-state index in [9.17, 15) is 9.59 Å². The van der Waals surface area contributed by atoms with Crippen LogP contribution in [0.3, 0.4) is 0 Å². The molecule has 1 saturated heterocycles. The van der Waals surface area contributed by atoms with E-state index < -0.39 is 0 Å². The number of hydrogen-bond acceptors (Lipinski definition) is 3. The fourth-order valence-corrected chi connectivity index (χ4v) is 3.67. The Morgan fingerprint density at radius 3 is 2.24 bits per heavy atom. The van der Waals surface area contributed by atoms with Crippen molar-refractivity contribution in [2.75, 3.05) is 10.6 Å². The van der Waals surface area contributed by atoms with E-state index in [1.165, 1.54) is 25.7 Å². The zero-order valence-electron chi connectivity index (χ0n) is 14.9. The monoisotopic (exact) mass is 365 g/mol. The van der Waals surface area contributed by atoms with Crippen LogP contribution in [0, 0.1) is 11.8 Å². The molecule has 0 spiro atoms. The zero-order chi connectivity index (χ0) is 17.1. The number of hydrogen-bond donors (Lipinski definition) is 3. The van der Waals surface area contributed by atoms with Gasteiger partial charge in [-0.3, -0.25) is 9.59 Å². The van der Waals surface area contributed by atoms with Crippen molar-refractivity contribution in [3.63, 3.8) is 0 Å². The largest absolute Gasteiger partial charge is 0.326 e. The summed E-state index contributed by atoms with van der Waals surface area (Å²) in [5, 5.41) is 9.32. The Hall–Kier alpha value is -1.59. The molecular weight excluding hydrogens is 338 g/mol. The quantitative estimate of drug-likeness (QED) is 0.764. The van der Waals surface area contributed by atoms with E-state index in [0.717, 1.165) is 17.8 Å². The number of halogens is 1. The number of benzene rings is 1. The third-order valence-corrected chi connectivity index (χ3v) is 5.12. The Bertz CT molecular complexity index is 589. The molecule has 3 atom stereocenters. The van der Waals surface area contributed by atoms with Crippen LogP contribution in [-0.4, -0.2) is 23.9 Å². The van der Waals surface area contributed by atoms with Gasteiger partial charge in [-0.05, 0) is 49.4 Å². The molecule has 25 heavy (non-hydrogen) atoms. The Balaban J connectivity index is 0.00000225. The molecule has 5 nitrogen and oxygen atoms in total. The van der Waals surface area contributed by atoms with Gasteiger partial charge in [0.2, 0.25) is 11.8 Å². The van der Waals surface area contributed by atoms with Crippen LogP contribution in [0.4, 0.5) is 11.4 Å². The summed E-state index contributed by atoms with van der Waals surface area (Å²) in [5.74, 6) is 0.636. The first kappa shape index (κ1) is 19.7. The first-order chi connectivity index (χ1) is 11.5. The number of rotatable bonds is 4. The highest BCUT2D eigenvalue weighted by molar-refractivity contribution is 5.96. The highest BCUT2D eigenvalue weighted by atomic mass is 35.5. The molecule has 1 aliphatic heterocycles. The molecule has 0 aromatic heterocycles. The van der Waals surface area contributed by atoms with E-state index in [4.69, 9.17) is 0 Å². The minimum Gasteiger partial charge on any atom is -0.326 e. The average molecular weight is 366 g/mol. The van der Waals surface area contributed by atoms with Gasteiger partial charge in [0, 0.05) is 23.3 Å². The molecule has 3 N–H and O–H groups in total. The summed E-state index contributed by atoms with van der Waals surface area (Å²) >= 11 is 0. The van der Waals surface area contributed by atoms with Gasteiger partial charge in [-0.1, -0.05) is 26.7 Å². The highest BCUT2D eigenvalue weighted by Crippen LogP contribution is 2.33. The predicted molar refractivity (Wildman–Crippen MR) is 103 cm³/mol. The van der Waals surface area contributed by atoms with Crippen molar-refractivity contribution in [3.8, 4) is 0 Å². The minimum atomic E-state index is -0.0848. The van der Waals surface area contributed by atoms with Crippen molar-refractivity contribution in [2.24, 2.45) is 11.8 Å². The third-order valence-electron chi connectivity index (χ3n) is 5.12. The molecule has 1 aliphatic carbocycles. The lowest BCUT2D eigenvalue weighted by atomic mass is 9.85. The van der Waals surface area contributed by atoms with Crippen LogP contribution in [0.5, 0.6) is 0 Å². The lowest BCUT2D eigenvalue weighted by Crippen LogP contribution is -2.39. The molecule has 2 amide bonds. The van der Waals surface area contributed by atoms with E-state index in [1.54, 1.807) is 0 Å². The summed E-state index contributed by atoms with van der Waals surface area (Å²) in [5.41, 5.74) is 1.51. The molecule has 3 unspecified atom stereocenters. The first-order valence-corrected chi connectivity index (χ1v) is 9.01. The fourth-order valence-electron chi connectivity index (χ4n) is 3.67. The van der Waals surface area contributed by atoms with Crippen LogP contribution < -0.4 is 16.0 Å². The first-order valence-electron chi connectivity index (χ1n) is 9.01. The summed E-state index contributed by atoms with van der Waals surface area (Å²) in [6.45, 7) is 3.71. The lowest BCUT2D eigenvalue weighted by Gasteiger charge is -2.24. The molecule has 1 aromatic carbocycles. The zero-order valence-corrected chi connectivity index (χ0v) is 15.7. The van der Waals surface area contributed by atoms with Crippen LogP contribution in [0.25, 0.3) is 0 Å².